The molecule has 1 fully saturated rings. The first kappa shape index (κ1) is 47.3. The van der Waals surface area contributed by atoms with Crippen molar-refractivity contribution in [1.82, 2.24) is 9.62 Å². The standard InChI is InChI=1S/C46H46ClF3N4O6S3/c1-3-53(4-2)27-26-36(31-61-38-10-6-5-7-11-38)51-42-23-22-39(30-43(42)62(57,58)46(48,49)50)63(59,60)52-45(56)34-16-20-37(21-17-34)54-28-24-33(25-29-54)44(55)41-13-9-8-12-40(41)32-14-18-35(47)19-15-32/h1,5-23,30,33,36,44,51,55H,4,24-29,31H2,2H3,(H,52,56). The van der Waals surface area contributed by atoms with E-state index in [1.807, 2.05) is 90.5 Å². The van der Waals surface area contributed by atoms with Gasteiger partial charge < -0.3 is 20.2 Å². The van der Waals surface area contributed by atoms with Crippen molar-refractivity contribution >= 4 is 60.5 Å². The third-order valence-corrected chi connectivity index (χ3v) is 15.1. The van der Waals surface area contributed by atoms with Crippen molar-refractivity contribution in [3.05, 3.63) is 137 Å². The van der Waals surface area contributed by atoms with Gasteiger partial charge in [0.25, 0.3) is 25.8 Å². The quantitative estimate of drug-likeness (QED) is 0.0471. The molecule has 1 amide bonds. The van der Waals surface area contributed by atoms with Gasteiger partial charge in [-0.05, 0) is 116 Å². The zero-order chi connectivity index (χ0) is 45.4. The van der Waals surface area contributed by atoms with Gasteiger partial charge in [-0.1, -0.05) is 72.6 Å². The predicted molar refractivity (Wildman–Crippen MR) is 243 cm³/mol. The van der Waals surface area contributed by atoms with Gasteiger partial charge >= 0.3 is 5.51 Å². The highest BCUT2D eigenvalue weighted by Crippen LogP contribution is 2.39. The molecule has 6 rings (SSSR count). The number of carbonyl (C=O) groups excluding carboxylic acids is 1. The minimum atomic E-state index is -6.09. The molecule has 5 aromatic carbocycles. The van der Waals surface area contributed by atoms with Crippen molar-refractivity contribution in [3.63, 3.8) is 0 Å². The number of benzene rings is 5. The smallest absolute Gasteiger partial charge is 0.388 e. The topological polar surface area (TPSA) is 136 Å². The largest absolute Gasteiger partial charge is 0.501 e. The molecule has 1 aliphatic heterocycles. The van der Waals surface area contributed by atoms with E-state index in [1.54, 1.807) is 17.0 Å². The van der Waals surface area contributed by atoms with Crippen LogP contribution in [0.5, 0.6) is 0 Å². The van der Waals surface area contributed by atoms with Crippen molar-refractivity contribution in [2.75, 3.05) is 42.1 Å². The van der Waals surface area contributed by atoms with E-state index in [1.165, 1.54) is 23.9 Å². The molecule has 1 heterocycles. The van der Waals surface area contributed by atoms with Gasteiger partial charge in [0.15, 0.2) is 0 Å². The molecular weight excluding hydrogens is 893 g/mol. The summed E-state index contributed by atoms with van der Waals surface area (Å²) < 4.78 is 97.1. The number of nitrogens with one attached hydrogen (secondary N) is 2. The Kier molecular flexibility index (Phi) is 15.4. The van der Waals surface area contributed by atoms with Crippen LogP contribution in [-0.2, 0) is 19.9 Å². The number of aliphatic hydroxyl groups excluding tert-OH is 1. The monoisotopic (exact) mass is 938 g/mol. The van der Waals surface area contributed by atoms with E-state index in [-0.39, 0.29) is 11.5 Å². The number of alkyl halides is 3. The van der Waals surface area contributed by atoms with Crippen molar-refractivity contribution in [3.8, 4) is 23.6 Å². The molecular formula is C46H46ClF3N4O6S3. The number of anilines is 2. The molecule has 0 aromatic heterocycles. The summed E-state index contributed by atoms with van der Waals surface area (Å²) in [6, 6.07) is 34.7. The lowest BCUT2D eigenvalue weighted by molar-refractivity contribution is -0.0435. The normalized spacial score (nSPS) is 14.7. The lowest BCUT2D eigenvalue weighted by Gasteiger charge is -2.36. The molecule has 0 bridgehead atoms. The second kappa shape index (κ2) is 20.5. The second-order valence-corrected chi connectivity index (χ2v) is 20.0. The van der Waals surface area contributed by atoms with Gasteiger partial charge in [0.2, 0.25) is 0 Å². The van der Waals surface area contributed by atoms with E-state index in [4.69, 9.17) is 18.0 Å². The van der Waals surface area contributed by atoms with Crippen LogP contribution in [0.4, 0.5) is 24.5 Å². The number of piperidine rings is 1. The molecule has 17 heteroatoms. The van der Waals surface area contributed by atoms with Crippen molar-refractivity contribution in [2.24, 2.45) is 5.92 Å². The van der Waals surface area contributed by atoms with E-state index in [0.29, 0.717) is 62.3 Å². The number of carbonyl (C=O) groups is 1. The summed E-state index contributed by atoms with van der Waals surface area (Å²) in [6.07, 6.45) is 6.53. The van der Waals surface area contributed by atoms with E-state index < -0.39 is 58.9 Å². The summed E-state index contributed by atoms with van der Waals surface area (Å²) in [7, 11) is -11.0. The second-order valence-electron chi connectivity index (χ2n) is 14.9. The van der Waals surface area contributed by atoms with Crippen LogP contribution in [0.15, 0.2) is 136 Å². The Labute approximate surface area is 375 Å². The Morgan fingerprint density at radius 2 is 1.59 bits per heavy atom. The summed E-state index contributed by atoms with van der Waals surface area (Å²) in [5.74, 6) is -0.793. The number of amides is 1. The SMILES string of the molecule is C#CN(CC)CCC(CSc1ccccc1)Nc1ccc(S(=O)(=O)NC(=O)c2ccc(N3CCC(C(O)c4ccccc4-c4ccc(Cl)cc4)CC3)cc2)cc1S(=O)(=O)C(F)(F)F. The molecule has 3 N–H and O–H groups in total. The lowest BCUT2D eigenvalue weighted by atomic mass is 9.84. The van der Waals surface area contributed by atoms with E-state index in [2.05, 4.69) is 16.3 Å². The maximum absolute atomic E-state index is 14.1. The van der Waals surface area contributed by atoms with Gasteiger partial charge in [0.05, 0.1) is 16.7 Å². The van der Waals surface area contributed by atoms with Crippen LogP contribution in [-0.4, -0.2) is 76.2 Å². The Balaban J connectivity index is 1.14. The first-order valence-corrected chi connectivity index (χ1v) is 24.4. The minimum absolute atomic E-state index is 0.0212. The zero-order valence-electron chi connectivity index (χ0n) is 34.1. The average molecular weight is 940 g/mol. The zero-order valence-corrected chi connectivity index (χ0v) is 37.3. The predicted octanol–water partition coefficient (Wildman–Crippen LogP) is 9.24. The van der Waals surface area contributed by atoms with Crippen LogP contribution in [0.1, 0.15) is 48.2 Å². The van der Waals surface area contributed by atoms with Crippen LogP contribution >= 0.6 is 23.4 Å². The summed E-state index contributed by atoms with van der Waals surface area (Å²) in [5, 5.41) is 15.0. The number of nitrogens with zero attached hydrogens (tertiary/aromatic N) is 2. The maximum Gasteiger partial charge on any atom is 0.501 e. The van der Waals surface area contributed by atoms with Gasteiger partial charge in [-0.3, -0.25) is 4.79 Å². The van der Waals surface area contributed by atoms with Crippen LogP contribution < -0.4 is 14.9 Å². The Morgan fingerprint density at radius 3 is 2.22 bits per heavy atom. The van der Waals surface area contributed by atoms with E-state index >= 15 is 0 Å². The lowest BCUT2D eigenvalue weighted by Crippen LogP contribution is -2.36. The summed E-state index contributed by atoms with van der Waals surface area (Å²) >= 11 is 7.48. The van der Waals surface area contributed by atoms with E-state index in [9.17, 15) is 39.9 Å². The fourth-order valence-corrected chi connectivity index (χ4v) is 10.5. The van der Waals surface area contributed by atoms with Gasteiger partial charge in [-0.2, -0.15) is 13.2 Å². The molecule has 0 aliphatic carbocycles. The molecule has 2 atom stereocenters. The number of sulfone groups is 1. The molecule has 0 radical (unpaired) electrons. The maximum atomic E-state index is 14.1. The molecule has 10 nitrogen and oxygen atoms in total. The summed E-state index contributed by atoms with van der Waals surface area (Å²) in [6.45, 7) is 3.89. The number of rotatable bonds is 17. The van der Waals surface area contributed by atoms with Crippen LogP contribution in [0.3, 0.4) is 0 Å². The van der Waals surface area contributed by atoms with Crippen LogP contribution in [0.25, 0.3) is 11.1 Å². The van der Waals surface area contributed by atoms with Gasteiger partial charge in [0, 0.05) is 65.2 Å². The van der Waals surface area contributed by atoms with Gasteiger partial charge in [-0.25, -0.2) is 21.6 Å². The van der Waals surface area contributed by atoms with Gasteiger partial charge in [0.1, 0.15) is 4.90 Å². The van der Waals surface area contributed by atoms with E-state index in [0.717, 1.165) is 39.4 Å². The summed E-state index contributed by atoms with van der Waals surface area (Å²) in [4.78, 5) is 15.7. The highest BCUT2D eigenvalue weighted by atomic mass is 35.5. The molecule has 5 aromatic rings. The van der Waals surface area contributed by atoms with Gasteiger partial charge in [-0.15, -0.1) is 11.8 Å². The highest BCUT2D eigenvalue weighted by Gasteiger charge is 2.48. The summed E-state index contributed by atoms with van der Waals surface area (Å²) in [5.41, 5.74) is -2.83. The average Bonchev–Trinajstić information content (AvgIpc) is 3.28. The Hall–Kier alpha value is -5.18. The molecule has 0 saturated carbocycles. The van der Waals surface area contributed by atoms with Crippen molar-refractivity contribution < 1.29 is 39.9 Å². The first-order valence-electron chi connectivity index (χ1n) is 20.1. The molecule has 63 heavy (non-hydrogen) atoms. The molecule has 2 unspecified atom stereocenters. The highest BCUT2D eigenvalue weighted by molar-refractivity contribution is 7.99. The minimum Gasteiger partial charge on any atom is -0.388 e. The molecule has 332 valence electrons. The van der Waals surface area contributed by atoms with Crippen LogP contribution in [0.2, 0.25) is 5.02 Å². The third kappa shape index (κ3) is 11.7. The molecule has 1 saturated heterocycles. The number of sulfonamides is 1. The fraction of sp³-hybridized carbons (Fsp3) is 0.283. The Morgan fingerprint density at radius 1 is 0.937 bits per heavy atom. The molecule has 1 aliphatic rings. The number of terminal acetylenes is 1. The van der Waals surface area contributed by atoms with Crippen molar-refractivity contribution in [2.45, 2.75) is 58.5 Å². The fourth-order valence-electron chi connectivity index (χ4n) is 7.33. The number of aliphatic hydroxyl groups is 1. The number of thioether (sulfide) groups is 1. The number of hydrogen-bond donors (Lipinski definition) is 3. The number of halogens is 4. The number of hydrogen-bond acceptors (Lipinski definition) is 10. The first-order chi connectivity index (χ1) is 30.0. The Bertz CT molecular complexity index is 2620. The third-order valence-electron chi connectivity index (χ3n) is 10.9. The van der Waals surface area contributed by atoms with Crippen LogP contribution in [0, 0.1) is 18.4 Å². The molecule has 0 spiro atoms. The van der Waals surface area contributed by atoms with Crippen molar-refractivity contribution in [1.29, 1.82) is 0 Å².